The maximum Gasteiger partial charge on any atom is 0.236 e. The van der Waals surface area contributed by atoms with Crippen molar-refractivity contribution in [1.82, 2.24) is 15.3 Å². The van der Waals surface area contributed by atoms with Gasteiger partial charge in [0.15, 0.2) is 0 Å². The van der Waals surface area contributed by atoms with Crippen molar-refractivity contribution in [2.45, 2.75) is 19.8 Å². The number of fused-ring (bicyclic) bond motifs is 1. The van der Waals surface area contributed by atoms with Gasteiger partial charge < -0.3 is 10.1 Å². The first-order valence-electron chi connectivity index (χ1n) is 7.00. The van der Waals surface area contributed by atoms with Gasteiger partial charge in [-0.3, -0.25) is 0 Å². The van der Waals surface area contributed by atoms with Gasteiger partial charge in [-0.15, -0.1) is 0 Å². The molecule has 0 atom stereocenters. The maximum atomic E-state index is 6.16. The molecule has 20 heavy (non-hydrogen) atoms. The second-order valence-corrected chi connectivity index (χ2v) is 5.63. The molecule has 1 fully saturated rings. The number of ether oxygens (including phenoxy) is 1. The molecular formula is C15H18ClN3O. The van der Waals surface area contributed by atoms with Crippen LogP contribution in [0.5, 0.6) is 5.88 Å². The van der Waals surface area contributed by atoms with Gasteiger partial charge in [0.2, 0.25) is 5.88 Å². The molecule has 0 amide bonds. The Bertz CT molecular complexity index is 611. The van der Waals surface area contributed by atoms with Crippen molar-refractivity contribution in [1.29, 1.82) is 0 Å². The highest BCUT2D eigenvalue weighted by molar-refractivity contribution is 6.34. The quantitative estimate of drug-likeness (QED) is 0.944. The highest BCUT2D eigenvalue weighted by Crippen LogP contribution is 2.25. The van der Waals surface area contributed by atoms with Crippen molar-refractivity contribution in [3.8, 4) is 5.88 Å². The lowest BCUT2D eigenvalue weighted by molar-refractivity contribution is 0.207. The molecular weight excluding hydrogens is 274 g/mol. The van der Waals surface area contributed by atoms with Crippen LogP contribution in [-0.2, 0) is 0 Å². The van der Waals surface area contributed by atoms with Crippen molar-refractivity contribution in [3.63, 3.8) is 0 Å². The molecule has 0 radical (unpaired) electrons. The lowest BCUT2D eigenvalue weighted by Gasteiger charge is -2.22. The molecule has 2 heterocycles. The molecule has 106 valence electrons. The molecule has 0 unspecified atom stereocenters. The van der Waals surface area contributed by atoms with E-state index in [-0.39, 0.29) is 0 Å². The van der Waals surface area contributed by atoms with Crippen LogP contribution in [0.3, 0.4) is 0 Å². The summed E-state index contributed by atoms with van der Waals surface area (Å²) in [5.74, 6) is 1.20. The molecule has 1 aromatic carbocycles. The minimum atomic E-state index is 0.597. The van der Waals surface area contributed by atoms with Crippen LogP contribution in [0.25, 0.3) is 11.0 Å². The Hall–Kier alpha value is -1.39. The van der Waals surface area contributed by atoms with Gasteiger partial charge in [0, 0.05) is 0 Å². The number of aryl methyl sites for hydroxylation is 1. The summed E-state index contributed by atoms with van der Waals surface area (Å²) < 4.78 is 5.88. The molecule has 0 bridgehead atoms. The number of nitrogens with zero attached hydrogens (tertiary/aromatic N) is 2. The van der Waals surface area contributed by atoms with Crippen LogP contribution in [0.1, 0.15) is 18.5 Å². The van der Waals surface area contributed by atoms with Gasteiger partial charge in [-0.05, 0) is 50.9 Å². The number of piperidine rings is 1. The van der Waals surface area contributed by atoms with E-state index < -0.39 is 0 Å². The van der Waals surface area contributed by atoms with Gasteiger partial charge >= 0.3 is 0 Å². The van der Waals surface area contributed by atoms with E-state index in [0.29, 0.717) is 28.9 Å². The monoisotopic (exact) mass is 291 g/mol. The van der Waals surface area contributed by atoms with Crippen molar-refractivity contribution in [2.75, 3.05) is 19.7 Å². The maximum absolute atomic E-state index is 6.16. The summed E-state index contributed by atoms with van der Waals surface area (Å²) in [6, 6.07) is 5.62. The summed E-state index contributed by atoms with van der Waals surface area (Å²) in [5.41, 5.74) is 2.33. The number of hydrogen-bond donors (Lipinski definition) is 1. The Morgan fingerprint density at radius 3 is 2.90 bits per heavy atom. The summed E-state index contributed by atoms with van der Waals surface area (Å²) >= 11 is 6.16. The number of rotatable bonds is 3. The lowest BCUT2D eigenvalue weighted by Crippen LogP contribution is -2.30. The normalized spacial score (nSPS) is 16.5. The topological polar surface area (TPSA) is 47.0 Å². The molecule has 1 aromatic heterocycles. The van der Waals surface area contributed by atoms with Gasteiger partial charge in [0.1, 0.15) is 11.2 Å². The zero-order valence-corrected chi connectivity index (χ0v) is 12.3. The molecule has 5 heteroatoms. The molecule has 0 spiro atoms. The highest BCUT2D eigenvalue weighted by Gasteiger charge is 2.15. The Morgan fingerprint density at radius 1 is 1.30 bits per heavy atom. The summed E-state index contributed by atoms with van der Waals surface area (Å²) in [4.78, 5) is 9.04. The largest absolute Gasteiger partial charge is 0.476 e. The van der Waals surface area contributed by atoms with Crippen LogP contribution in [0.4, 0.5) is 0 Å². The van der Waals surface area contributed by atoms with Gasteiger partial charge in [0.25, 0.3) is 0 Å². The van der Waals surface area contributed by atoms with Crippen molar-refractivity contribution in [2.24, 2.45) is 5.92 Å². The van der Waals surface area contributed by atoms with Crippen molar-refractivity contribution < 1.29 is 4.74 Å². The predicted molar refractivity (Wildman–Crippen MR) is 80.4 cm³/mol. The number of nitrogens with one attached hydrogen (secondary N) is 1. The molecule has 1 aliphatic heterocycles. The summed E-state index contributed by atoms with van der Waals surface area (Å²) in [6.45, 7) is 4.77. The minimum absolute atomic E-state index is 0.597. The number of hydrogen-bond acceptors (Lipinski definition) is 4. The molecule has 4 nitrogen and oxygen atoms in total. The lowest BCUT2D eigenvalue weighted by atomic mass is 9.99. The smallest absolute Gasteiger partial charge is 0.236 e. The highest BCUT2D eigenvalue weighted by atomic mass is 35.5. The number of benzene rings is 1. The number of halogens is 1. The average molecular weight is 292 g/mol. The van der Waals surface area contributed by atoms with Crippen molar-refractivity contribution >= 4 is 22.6 Å². The number of para-hydroxylation sites is 1. The van der Waals surface area contributed by atoms with Crippen LogP contribution in [0.15, 0.2) is 18.2 Å². The minimum Gasteiger partial charge on any atom is -0.476 e. The second-order valence-electron chi connectivity index (χ2n) is 5.23. The Balaban J connectivity index is 1.80. The van der Waals surface area contributed by atoms with E-state index >= 15 is 0 Å². The van der Waals surface area contributed by atoms with E-state index in [4.69, 9.17) is 16.3 Å². The first-order chi connectivity index (χ1) is 9.74. The molecule has 1 N–H and O–H groups in total. The fraction of sp³-hybridized carbons (Fsp3) is 0.467. The molecule has 1 saturated heterocycles. The second kappa shape index (κ2) is 5.94. The van der Waals surface area contributed by atoms with Gasteiger partial charge in [-0.25, -0.2) is 9.97 Å². The van der Waals surface area contributed by atoms with E-state index in [2.05, 4.69) is 15.3 Å². The van der Waals surface area contributed by atoms with Gasteiger partial charge in [-0.1, -0.05) is 17.7 Å². The number of aromatic nitrogens is 2. The van der Waals surface area contributed by atoms with Crippen LogP contribution in [-0.4, -0.2) is 29.7 Å². The van der Waals surface area contributed by atoms with Gasteiger partial charge in [-0.2, -0.15) is 0 Å². The fourth-order valence-electron chi connectivity index (χ4n) is 2.50. The fourth-order valence-corrected chi connectivity index (χ4v) is 2.71. The van der Waals surface area contributed by atoms with Gasteiger partial charge in [0.05, 0.1) is 17.1 Å². The van der Waals surface area contributed by atoms with E-state index in [1.54, 1.807) is 0 Å². The third-order valence-electron chi connectivity index (χ3n) is 3.69. The Morgan fingerprint density at radius 2 is 2.10 bits per heavy atom. The third-order valence-corrected chi connectivity index (χ3v) is 4.00. The van der Waals surface area contributed by atoms with E-state index in [9.17, 15) is 0 Å². The van der Waals surface area contributed by atoms with Crippen LogP contribution in [0, 0.1) is 12.8 Å². The molecule has 0 saturated carbocycles. The third kappa shape index (κ3) is 2.86. The Labute approximate surface area is 123 Å². The van der Waals surface area contributed by atoms with E-state index in [0.717, 1.165) is 37.1 Å². The summed E-state index contributed by atoms with van der Waals surface area (Å²) in [6.07, 6.45) is 2.31. The molecule has 3 rings (SSSR count). The van der Waals surface area contributed by atoms with E-state index in [1.165, 1.54) is 0 Å². The first kappa shape index (κ1) is 13.6. The summed E-state index contributed by atoms with van der Waals surface area (Å²) in [7, 11) is 0. The standard InChI is InChI=1S/C15H18ClN3O/c1-10-15(20-9-11-5-7-17-8-6-11)19-14-12(16)3-2-4-13(14)18-10/h2-4,11,17H,5-9H2,1H3. The average Bonchev–Trinajstić information content (AvgIpc) is 2.47. The first-order valence-corrected chi connectivity index (χ1v) is 7.38. The molecule has 0 aliphatic carbocycles. The Kier molecular flexibility index (Phi) is 4.03. The van der Waals surface area contributed by atoms with E-state index in [1.807, 2.05) is 25.1 Å². The SMILES string of the molecule is Cc1nc2cccc(Cl)c2nc1OCC1CCNCC1. The zero-order chi connectivity index (χ0) is 13.9. The molecule has 1 aliphatic rings. The molecule has 2 aromatic rings. The van der Waals surface area contributed by atoms with Crippen LogP contribution < -0.4 is 10.1 Å². The predicted octanol–water partition coefficient (Wildman–Crippen LogP) is 2.97. The van der Waals surface area contributed by atoms with Crippen LogP contribution in [0.2, 0.25) is 5.02 Å². The van der Waals surface area contributed by atoms with Crippen LogP contribution >= 0.6 is 11.6 Å². The summed E-state index contributed by atoms with van der Waals surface area (Å²) in [5, 5.41) is 3.97. The zero-order valence-electron chi connectivity index (χ0n) is 11.5. The van der Waals surface area contributed by atoms with Crippen molar-refractivity contribution in [3.05, 3.63) is 28.9 Å².